The van der Waals surface area contributed by atoms with Crippen LogP contribution in [0.15, 0.2) is 0 Å². The molecule has 0 heterocycles. The van der Waals surface area contributed by atoms with Gasteiger partial charge in [-0.1, -0.05) is 46.0 Å². The minimum absolute atomic E-state index is 0.00131. The van der Waals surface area contributed by atoms with Crippen molar-refractivity contribution in [2.45, 2.75) is 64.8 Å². The summed E-state index contributed by atoms with van der Waals surface area (Å²) in [6, 6.07) is -0.00131. The van der Waals surface area contributed by atoms with Crippen molar-refractivity contribution in [1.29, 1.82) is 0 Å². The predicted molar refractivity (Wildman–Crippen MR) is 81.1 cm³/mol. The molecule has 1 unspecified atom stereocenters. The molecular formula is C16H32N2O. The van der Waals surface area contributed by atoms with Crippen LogP contribution in [-0.2, 0) is 4.79 Å². The Balaban J connectivity index is 2.32. The first kappa shape index (κ1) is 16.5. The van der Waals surface area contributed by atoms with Crippen LogP contribution in [0.4, 0.5) is 0 Å². The standard InChI is InChI=1S/C16H32N2O/c1-13(2)12-15(16(19)18(3)4)17-11-10-14-8-6-5-7-9-14/h13-15,17H,5-12H2,1-4H3. The quantitative estimate of drug-likeness (QED) is 0.769. The average molecular weight is 268 g/mol. The van der Waals surface area contributed by atoms with Crippen LogP contribution in [-0.4, -0.2) is 37.5 Å². The number of carbonyl (C=O) groups is 1. The molecule has 1 fully saturated rings. The fourth-order valence-corrected chi connectivity index (χ4v) is 2.99. The first-order valence-electron chi connectivity index (χ1n) is 7.95. The van der Waals surface area contributed by atoms with E-state index in [0.717, 1.165) is 18.9 Å². The van der Waals surface area contributed by atoms with Gasteiger partial charge in [0.2, 0.25) is 5.91 Å². The zero-order chi connectivity index (χ0) is 14.3. The van der Waals surface area contributed by atoms with E-state index in [-0.39, 0.29) is 11.9 Å². The summed E-state index contributed by atoms with van der Waals surface area (Å²) in [7, 11) is 3.69. The molecule has 112 valence electrons. The van der Waals surface area contributed by atoms with Crippen LogP contribution in [0.5, 0.6) is 0 Å². The molecule has 0 aromatic heterocycles. The van der Waals surface area contributed by atoms with E-state index in [1.807, 2.05) is 14.1 Å². The minimum Gasteiger partial charge on any atom is -0.347 e. The van der Waals surface area contributed by atoms with Gasteiger partial charge in [0.25, 0.3) is 0 Å². The van der Waals surface area contributed by atoms with Crippen molar-refractivity contribution < 1.29 is 4.79 Å². The van der Waals surface area contributed by atoms with Gasteiger partial charge < -0.3 is 10.2 Å². The lowest BCUT2D eigenvalue weighted by atomic mass is 9.87. The molecule has 0 saturated heterocycles. The average Bonchev–Trinajstić information content (AvgIpc) is 2.37. The normalized spacial score (nSPS) is 18.6. The third-order valence-electron chi connectivity index (χ3n) is 4.11. The van der Waals surface area contributed by atoms with Gasteiger partial charge in [-0.3, -0.25) is 4.79 Å². The van der Waals surface area contributed by atoms with Crippen molar-refractivity contribution in [1.82, 2.24) is 10.2 Å². The van der Waals surface area contributed by atoms with Crippen LogP contribution in [0.25, 0.3) is 0 Å². The lowest BCUT2D eigenvalue weighted by Gasteiger charge is -2.25. The van der Waals surface area contributed by atoms with Crippen LogP contribution >= 0.6 is 0 Å². The highest BCUT2D eigenvalue weighted by Gasteiger charge is 2.21. The van der Waals surface area contributed by atoms with E-state index in [2.05, 4.69) is 19.2 Å². The highest BCUT2D eigenvalue weighted by atomic mass is 16.2. The number of likely N-dealkylation sites (N-methyl/N-ethyl adjacent to an activating group) is 1. The Morgan fingerprint density at radius 1 is 1.21 bits per heavy atom. The lowest BCUT2D eigenvalue weighted by molar-refractivity contribution is -0.131. The maximum Gasteiger partial charge on any atom is 0.239 e. The number of nitrogens with one attached hydrogen (secondary N) is 1. The summed E-state index contributed by atoms with van der Waals surface area (Å²) < 4.78 is 0. The minimum atomic E-state index is -0.00131. The Bertz CT molecular complexity index is 257. The molecular weight excluding hydrogens is 236 g/mol. The third-order valence-corrected chi connectivity index (χ3v) is 4.11. The summed E-state index contributed by atoms with van der Waals surface area (Å²) in [4.78, 5) is 13.8. The molecule has 3 nitrogen and oxygen atoms in total. The fraction of sp³-hybridized carbons (Fsp3) is 0.938. The van der Waals surface area contributed by atoms with Crippen molar-refractivity contribution in [2.24, 2.45) is 11.8 Å². The largest absolute Gasteiger partial charge is 0.347 e. The van der Waals surface area contributed by atoms with Crippen molar-refractivity contribution >= 4 is 5.91 Å². The van der Waals surface area contributed by atoms with E-state index in [1.54, 1.807) is 4.90 Å². The molecule has 0 aliphatic heterocycles. The smallest absolute Gasteiger partial charge is 0.239 e. The van der Waals surface area contributed by atoms with E-state index in [4.69, 9.17) is 0 Å². The molecule has 0 bridgehead atoms. The van der Waals surface area contributed by atoms with Gasteiger partial charge in [-0.05, 0) is 31.2 Å². The van der Waals surface area contributed by atoms with Crippen molar-refractivity contribution in [3.8, 4) is 0 Å². The van der Waals surface area contributed by atoms with Crippen LogP contribution in [0.3, 0.4) is 0 Å². The molecule has 1 rings (SSSR count). The SMILES string of the molecule is CC(C)CC(NCCC1CCCCC1)C(=O)N(C)C. The molecule has 1 amide bonds. The van der Waals surface area contributed by atoms with Gasteiger partial charge in [-0.15, -0.1) is 0 Å². The van der Waals surface area contributed by atoms with Gasteiger partial charge in [0.1, 0.15) is 0 Å². The Morgan fingerprint density at radius 2 is 1.84 bits per heavy atom. The summed E-state index contributed by atoms with van der Waals surface area (Å²) in [6.45, 7) is 5.35. The molecule has 1 aliphatic carbocycles. The van der Waals surface area contributed by atoms with Gasteiger partial charge in [0, 0.05) is 14.1 Å². The second-order valence-corrected chi connectivity index (χ2v) is 6.66. The zero-order valence-electron chi connectivity index (χ0n) is 13.2. The number of rotatable bonds is 7. The van der Waals surface area contributed by atoms with Gasteiger partial charge in [-0.25, -0.2) is 0 Å². The number of amides is 1. The molecule has 1 aliphatic rings. The zero-order valence-corrected chi connectivity index (χ0v) is 13.2. The van der Waals surface area contributed by atoms with E-state index < -0.39 is 0 Å². The highest BCUT2D eigenvalue weighted by Crippen LogP contribution is 2.25. The fourth-order valence-electron chi connectivity index (χ4n) is 2.99. The maximum atomic E-state index is 12.1. The summed E-state index contributed by atoms with van der Waals surface area (Å²) in [5.74, 6) is 1.66. The van der Waals surface area contributed by atoms with Crippen molar-refractivity contribution in [2.75, 3.05) is 20.6 Å². The monoisotopic (exact) mass is 268 g/mol. The third kappa shape index (κ3) is 6.42. The Kier molecular flexibility index (Phi) is 7.44. The number of hydrogen-bond acceptors (Lipinski definition) is 2. The molecule has 0 radical (unpaired) electrons. The topological polar surface area (TPSA) is 32.3 Å². The molecule has 1 atom stereocenters. The predicted octanol–water partition coefficient (Wildman–Crippen LogP) is 3.05. The first-order valence-corrected chi connectivity index (χ1v) is 7.95. The molecule has 1 saturated carbocycles. The van der Waals surface area contributed by atoms with E-state index in [9.17, 15) is 4.79 Å². The number of carbonyl (C=O) groups excluding carboxylic acids is 1. The maximum absolute atomic E-state index is 12.1. The van der Waals surface area contributed by atoms with E-state index in [0.29, 0.717) is 5.92 Å². The second kappa shape index (κ2) is 8.57. The Labute approximate surface area is 119 Å². The molecule has 0 spiro atoms. The van der Waals surface area contributed by atoms with Gasteiger partial charge in [0.05, 0.1) is 6.04 Å². The second-order valence-electron chi connectivity index (χ2n) is 6.66. The summed E-state index contributed by atoms with van der Waals surface area (Å²) >= 11 is 0. The number of nitrogens with zero attached hydrogens (tertiary/aromatic N) is 1. The van der Waals surface area contributed by atoms with Crippen LogP contribution < -0.4 is 5.32 Å². The first-order chi connectivity index (χ1) is 9.00. The molecule has 0 aromatic carbocycles. The van der Waals surface area contributed by atoms with Crippen molar-refractivity contribution in [3.63, 3.8) is 0 Å². The lowest BCUT2D eigenvalue weighted by Crippen LogP contribution is -2.45. The Morgan fingerprint density at radius 3 is 2.37 bits per heavy atom. The number of hydrogen-bond donors (Lipinski definition) is 1. The van der Waals surface area contributed by atoms with Crippen LogP contribution in [0, 0.1) is 11.8 Å². The Hall–Kier alpha value is -0.570. The molecule has 0 aromatic rings. The molecule has 3 heteroatoms. The van der Waals surface area contributed by atoms with Gasteiger partial charge in [0.15, 0.2) is 0 Å². The van der Waals surface area contributed by atoms with E-state index in [1.165, 1.54) is 38.5 Å². The van der Waals surface area contributed by atoms with Crippen LogP contribution in [0.1, 0.15) is 58.8 Å². The van der Waals surface area contributed by atoms with Crippen LogP contribution in [0.2, 0.25) is 0 Å². The molecule has 19 heavy (non-hydrogen) atoms. The van der Waals surface area contributed by atoms with Gasteiger partial charge >= 0.3 is 0 Å². The van der Waals surface area contributed by atoms with E-state index >= 15 is 0 Å². The molecule has 1 N–H and O–H groups in total. The summed E-state index contributed by atoms with van der Waals surface area (Å²) in [5.41, 5.74) is 0. The van der Waals surface area contributed by atoms with Gasteiger partial charge in [-0.2, -0.15) is 0 Å². The summed E-state index contributed by atoms with van der Waals surface area (Å²) in [5, 5.41) is 3.49. The highest BCUT2D eigenvalue weighted by molar-refractivity contribution is 5.81. The van der Waals surface area contributed by atoms with Crippen molar-refractivity contribution in [3.05, 3.63) is 0 Å². The summed E-state index contributed by atoms with van der Waals surface area (Å²) in [6.07, 6.45) is 9.15.